The summed E-state index contributed by atoms with van der Waals surface area (Å²) in [5.41, 5.74) is -1.76. The van der Waals surface area contributed by atoms with Gasteiger partial charge in [0.15, 0.2) is 0 Å². The maximum atomic E-state index is 15.7. The Labute approximate surface area is 238 Å². The Bertz CT molecular complexity index is 1260. The molecule has 5 nitrogen and oxygen atoms in total. The van der Waals surface area contributed by atoms with Gasteiger partial charge < -0.3 is 15.5 Å². The zero-order chi connectivity index (χ0) is 28.5. The van der Waals surface area contributed by atoms with Crippen LogP contribution in [0.2, 0.25) is 10.0 Å². The Balaban J connectivity index is 1.89. The van der Waals surface area contributed by atoms with Crippen LogP contribution >= 0.6 is 23.2 Å². The maximum Gasteiger partial charge on any atom is 0.150 e. The minimum atomic E-state index is -1.66. The average Bonchev–Trinajstić information content (AvgIpc) is 3.70. The van der Waals surface area contributed by atoms with Gasteiger partial charge in [-0.05, 0) is 67.2 Å². The third-order valence-electron chi connectivity index (χ3n) is 8.56. The van der Waals surface area contributed by atoms with E-state index in [-0.39, 0.29) is 51.6 Å². The standard InChI is InChI=1S/C30H34Cl2F2N2O3/c1-29(2,17-9-10-17)14-25-30(16-35,21-12-11-18(31)13-23(21)33)26(20-6-4-7-22(32)27(20)34)28(36-25)24(39)8-3-5-19(38)15-37/h4,6-7,11-13,17,19,25-26,28,36-38H,3,5,8-10,14-15H2,1-2H3/t19-,25-,26-,28-,30-/m0/s1. The fraction of sp³-hybridized carbons (Fsp3) is 0.533. The van der Waals surface area contributed by atoms with Gasteiger partial charge in [-0.25, -0.2) is 8.78 Å². The highest BCUT2D eigenvalue weighted by Crippen LogP contribution is 2.56. The number of nitriles is 1. The van der Waals surface area contributed by atoms with Gasteiger partial charge in [0.25, 0.3) is 0 Å². The Hall–Kier alpha value is -2.08. The second-order valence-electron chi connectivity index (χ2n) is 11.6. The van der Waals surface area contributed by atoms with E-state index in [4.69, 9.17) is 28.3 Å². The van der Waals surface area contributed by atoms with Crippen molar-refractivity contribution in [3.05, 3.63) is 69.2 Å². The molecule has 0 unspecified atom stereocenters. The quantitative estimate of drug-likeness (QED) is 0.300. The number of hydrogen-bond donors (Lipinski definition) is 3. The molecule has 0 amide bonds. The minimum absolute atomic E-state index is 0.0246. The average molecular weight is 580 g/mol. The summed E-state index contributed by atoms with van der Waals surface area (Å²) in [6.07, 6.45) is 2.13. The molecule has 0 aromatic heterocycles. The first-order valence-electron chi connectivity index (χ1n) is 13.3. The van der Waals surface area contributed by atoms with Crippen LogP contribution in [-0.4, -0.2) is 40.8 Å². The summed E-state index contributed by atoms with van der Waals surface area (Å²) in [6, 6.07) is 9.20. The largest absolute Gasteiger partial charge is 0.394 e. The SMILES string of the molecule is CC(C)(C[C@@H]1N[C@@H](C(=O)CCC[C@H](O)CO)[C@H](c2cccc(Cl)c2F)[C@@]1(C#N)c1ccc(Cl)cc1F)C1CC1. The lowest BCUT2D eigenvalue weighted by molar-refractivity contribution is -0.121. The van der Waals surface area contributed by atoms with Crippen LogP contribution in [0.3, 0.4) is 0 Å². The zero-order valence-electron chi connectivity index (χ0n) is 22.1. The monoisotopic (exact) mass is 578 g/mol. The van der Waals surface area contributed by atoms with E-state index in [1.165, 1.54) is 24.3 Å². The molecule has 1 heterocycles. The van der Waals surface area contributed by atoms with Gasteiger partial charge in [-0.1, -0.05) is 55.2 Å². The fourth-order valence-corrected chi connectivity index (χ4v) is 6.65. The zero-order valence-corrected chi connectivity index (χ0v) is 23.6. The maximum absolute atomic E-state index is 15.7. The predicted octanol–water partition coefficient (Wildman–Crippen LogP) is 6.08. The molecule has 4 rings (SSSR count). The van der Waals surface area contributed by atoms with Crippen LogP contribution in [0.4, 0.5) is 8.78 Å². The molecule has 2 fully saturated rings. The lowest BCUT2D eigenvalue weighted by Gasteiger charge is -2.38. The highest BCUT2D eigenvalue weighted by atomic mass is 35.5. The third kappa shape index (κ3) is 5.87. The Morgan fingerprint density at radius 3 is 2.59 bits per heavy atom. The summed E-state index contributed by atoms with van der Waals surface area (Å²) in [4.78, 5) is 13.7. The van der Waals surface area contributed by atoms with Gasteiger partial charge >= 0.3 is 0 Å². The number of carbonyl (C=O) groups excluding carboxylic acids is 1. The van der Waals surface area contributed by atoms with E-state index in [9.17, 15) is 15.2 Å². The van der Waals surface area contributed by atoms with Crippen LogP contribution in [0.15, 0.2) is 36.4 Å². The molecule has 39 heavy (non-hydrogen) atoms. The lowest BCUT2D eigenvalue weighted by Crippen LogP contribution is -2.45. The number of rotatable bonds is 11. The molecule has 1 aliphatic carbocycles. The van der Waals surface area contributed by atoms with Crippen molar-refractivity contribution in [2.75, 3.05) is 6.61 Å². The second-order valence-corrected chi connectivity index (χ2v) is 12.4. The van der Waals surface area contributed by atoms with Gasteiger partial charge in [0.1, 0.15) is 22.8 Å². The molecule has 5 atom stereocenters. The van der Waals surface area contributed by atoms with Crippen molar-refractivity contribution in [2.24, 2.45) is 11.3 Å². The Morgan fingerprint density at radius 2 is 1.97 bits per heavy atom. The molecule has 2 aromatic carbocycles. The van der Waals surface area contributed by atoms with Crippen LogP contribution in [0.5, 0.6) is 0 Å². The first kappa shape index (κ1) is 29.9. The van der Waals surface area contributed by atoms with E-state index in [1.54, 1.807) is 6.07 Å². The van der Waals surface area contributed by atoms with E-state index in [0.717, 1.165) is 18.9 Å². The molecule has 9 heteroatoms. The van der Waals surface area contributed by atoms with Gasteiger partial charge in [-0.3, -0.25) is 4.79 Å². The molecule has 210 valence electrons. The second kappa shape index (κ2) is 11.8. The molecular weight excluding hydrogens is 545 g/mol. The normalized spacial score (nSPS) is 25.9. The lowest BCUT2D eigenvalue weighted by atomic mass is 9.61. The van der Waals surface area contributed by atoms with Gasteiger partial charge in [0.05, 0.1) is 29.8 Å². The molecule has 1 saturated carbocycles. The fourth-order valence-electron chi connectivity index (χ4n) is 6.31. The van der Waals surface area contributed by atoms with Crippen molar-refractivity contribution in [2.45, 2.75) is 81.9 Å². The summed E-state index contributed by atoms with van der Waals surface area (Å²) in [5.74, 6) is -2.40. The van der Waals surface area contributed by atoms with Crippen LogP contribution in [0.1, 0.15) is 69.4 Å². The van der Waals surface area contributed by atoms with E-state index in [0.29, 0.717) is 12.3 Å². The summed E-state index contributed by atoms with van der Waals surface area (Å²) < 4.78 is 31.4. The third-order valence-corrected chi connectivity index (χ3v) is 9.09. The number of carbonyl (C=O) groups is 1. The molecule has 1 saturated heterocycles. The van der Waals surface area contributed by atoms with Gasteiger partial charge in [-0.15, -0.1) is 0 Å². The van der Waals surface area contributed by atoms with Crippen molar-refractivity contribution in [1.29, 1.82) is 5.26 Å². The van der Waals surface area contributed by atoms with E-state index in [2.05, 4.69) is 25.2 Å². The number of ketones is 1. The van der Waals surface area contributed by atoms with E-state index >= 15 is 8.78 Å². The predicted molar refractivity (Wildman–Crippen MR) is 147 cm³/mol. The van der Waals surface area contributed by atoms with Crippen molar-refractivity contribution in [3.8, 4) is 6.07 Å². The topological polar surface area (TPSA) is 93.3 Å². The number of hydrogen-bond acceptors (Lipinski definition) is 5. The Morgan fingerprint density at radius 1 is 1.26 bits per heavy atom. The number of Topliss-reactive ketones (excluding diaryl/α,β-unsaturated/α-hetero) is 1. The summed E-state index contributed by atoms with van der Waals surface area (Å²) in [6.45, 7) is 3.79. The molecule has 0 spiro atoms. The van der Waals surface area contributed by atoms with Crippen LogP contribution in [0, 0.1) is 34.3 Å². The number of aliphatic hydroxyl groups is 2. The van der Waals surface area contributed by atoms with Crippen LogP contribution < -0.4 is 5.32 Å². The molecule has 0 bridgehead atoms. The van der Waals surface area contributed by atoms with Crippen molar-refractivity contribution < 1.29 is 23.8 Å². The number of nitrogens with zero attached hydrogens (tertiary/aromatic N) is 1. The summed E-state index contributed by atoms with van der Waals surface area (Å²) >= 11 is 12.2. The molecule has 0 radical (unpaired) electrons. The van der Waals surface area contributed by atoms with Crippen molar-refractivity contribution in [3.63, 3.8) is 0 Å². The molecule has 2 aromatic rings. The first-order valence-corrected chi connectivity index (χ1v) is 14.1. The van der Waals surface area contributed by atoms with Gasteiger partial charge in [0, 0.05) is 29.0 Å². The van der Waals surface area contributed by atoms with Crippen LogP contribution in [0.25, 0.3) is 0 Å². The van der Waals surface area contributed by atoms with Crippen molar-refractivity contribution >= 4 is 29.0 Å². The highest BCUT2D eigenvalue weighted by molar-refractivity contribution is 6.31. The van der Waals surface area contributed by atoms with Crippen molar-refractivity contribution in [1.82, 2.24) is 5.32 Å². The summed E-state index contributed by atoms with van der Waals surface area (Å²) in [5, 5.41) is 33.2. The Kier molecular flexibility index (Phi) is 9.05. The summed E-state index contributed by atoms with van der Waals surface area (Å²) in [7, 11) is 0. The molecule has 1 aliphatic heterocycles. The first-order chi connectivity index (χ1) is 18.5. The van der Waals surface area contributed by atoms with Crippen LogP contribution in [-0.2, 0) is 10.2 Å². The van der Waals surface area contributed by atoms with E-state index < -0.39 is 47.8 Å². The molecular formula is C30H34Cl2F2N2O3. The molecule has 2 aliphatic rings. The number of halogens is 4. The number of nitrogens with one attached hydrogen (secondary N) is 1. The smallest absolute Gasteiger partial charge is 0.150 e. The number of benzene rings is 2. The molecule has 3 N–H and O–H groups in total. The van der Waals surface area contributed by atoms with Gasteiger partial charge in [0.2, 0.25) is 0 Å². The van der Waals surface area contributed by atoms with Gasteiger partial charge in [-0.2, -0.15) is 5.26 Å². The number of aliphatic hydroxyl groups excluding tert-OH is 2. The minimum Gasteiger partial charge on any atom is -0.394 e. The van der Waals surface area contributed by atoms with E-state index in [1.807, 2.05) is 0 Å². The highest BCUT2D eigenvalue weighted by Gasteiger charge is 2.61.